The molecule has 1 saturated heterocycles. The van der Waals surface area contributed by atoms with Gasteiger partial charge in [0.15, 0.2) is 5.78 Å². The zero-order chi connectivity index (χ0) is 33.4. The number of aliphatic carboxylic acids is 1. The van der Waals surface area contributed by atoms with E-state index in [0.29, 0.717) is 11.3 Å². The number of rotatable bonds is 10. The zero-order valence-corrected chi connectivity index (χ0v) is 24.9. The van der Waals surface area contributed by atoms with E-state index in [1.54, 1.807) is 6.07 Å². The first kappa shape index (κ1) is 33.7. The predicted octanol–water partition coefficient (Wildman–Crippen LogP) is 0.775. The number of benzene rings is 2. The topological polar surface area (TPSA) is 239 Å². The van der Waals surface area contributed by atoms with Gasteiger partial charge in [0.2, 0.25) is 6.29 Å². The maximum atomic E-state index is 13.2. The summed E-state index contributed by atoms with van der Waals surface area (Å²) in [4.78, 5) is 36.3. The van der Waals surface area contributed by atoms with Gasteiger partial charge in [0, 0.05) is 22.8 Å². The molecule has 0 spiro atoms. The Hall–Kier alpha value is -4.15. The summed E-state index contributed by atoms with van der Waals surface area (Å²) < 4.78 is 27.9. The number of phenols is 2. The standard InChI is InChI=1S/C30H36O15/c1-12-23(36)22-17(32)8-18(14-5-15(31)7-16(6-14)41-4)43-28(22)13(2)27(12)45-29-26(39)25(38)24(37)19(44-29)11-42-21(35)10-30(3,40)9-20(33)34/h5-7,18-19,24-26,29,31,36-40H,8-11H2,1-4H3,(H,33,34)/t18?,19-,24-,25+,26-,29+,30?/m1/s1. The molecule has 45 heavy (non-hydrogen) atoms. The number of fused-ring (bicyclic) bond motifs is 1. The minimum absolute atomic E-state index is 0.0264. The van der Waals surface area contributed by atoms with Gasteiger partial charge in [0.05, 0.1) is 32.0 Å². The van der Waals surface area contributed by atoms with E-state index in [0.717, 1.165) is 6.92 Å². The summed E-state index contributed by atoms with van der Waals surface area (Å²) >= 11 is 0. The van der Waals surface area contributed by atoms with E-state index in [2.05, 4.69) is 0 Å². The minimum Gasteiger partial charge on any atom is -0.508 e. The van der Waals surface area contributed by atoms with Crippen molar-refractivity contribution in [3.05, 3.63) is 40.5 Å². The summed E-state index contributed by atoms with van der Waals surface area (Å²) in [5.41, 5.74) is -1.26. The maximum Gasteiger partial charge on any atom is 0.308 e. The van der Waals surface area contributed by atoms with E-state index < -0.39 is 85.3 Å². The number of aromatic hydroxyl groups is 2. The van der Waals surface area contributed by atoms with Crippen molar-refractivity contribution in [1.29, 1.82) is 0 Å². The number of aliphatic hydroxyl groups excluding tert-OH is 3. The molecule has 2 unspecified atom stereocenters. The average molecular weight is 637 g/mol. The summed E-state index contributed by atoms with van der Waals surface area (Å²) in [5.74, 6) is -3.13. The molecular formula is C30H36O15. The Morgan fingerprint density at radius 3 is 2.36 bits per heavy atom. The fourth-order valence-electron chi connectivity index (χ4n) is 5.30. The lowest BCUT2D eigenvalue weighted by molar-refractivity contribution is -0.279. The van der Waals surface area contributed by atoms with Crippen molar-refractivity contribution in [2.24, 2.45) is 0 Å². The smallest absolute Gasteiger partial charge is 0.308 e. The second kappa shape index (κ2) is 13.1. The van der Waals surface area contributed by atoms with Crippen LogP contribution < -0.4 is 14.2 Å². The number of carboxylic acid groups (broad SMARTS) is 1. The highest BCUT2D eigenvalue weighted by Crippen LogP contribution is 2.48. The Balaban J connectivity index is 1.56. The van der Waals surface area contributed by atoms with Crippen molar-refractivity contribution in [2.45, 2.75) is 82.4 Å². The van der Waals surface area contributed by atoms with E-state index in [1.165, 1.54) is 33.1 Å². The lowest BCUT2D eigenvalue weighted by Crippen LogP contribution is -2.60. The Kier molecular flexibility index (Phi) is 9.80. The Labute approximate surface area is 257 Å². The number of Topliss-reactive ketones (excluding diaryl/α,β-unsaturated/α-hetero) is 1. The van der Waals surface area contributed by atoms with E-state index in [4.69, 9.17) is 28.8 Å². The molecule has 0 aromatic heterocycles. The number of carbonyl (C=O) groups excluding carboxylic acids is 2. The number of ketones is 1. The number of carboxylic acids is 1. The fourth-order valence-corrected chi connectivity index (χ4v) is 5.30. The largest absolute Gasteiger partial charge is 0.508 e. The van der Waals surface area contributed by atoms with Crippen LogP contribution in [0, 0.1) is 13.8 Å². The number of esters is 1. The number of ether oxygens (including phenoxy) is 5. The van der Waals surface area contributed by atoms with E-state index in [-0.39, 0.29) is 40.4 Å². The molecule has 2 aromatic carbocycles. The molecule has 0 amide bonds. The van der Waals surface area contributed by atoms with Crippen LogP contribution in [0.3, 0.4) is 0 Å². The van der Waals surface area contributed by atoms with Crippen molar-refractivity contribution in [2.75, 3.05) is 13.7 Å². The number of phenolic OH excluding ortho intramolecular Hbond substituents is 2. The SMILES string of the molecule is COc1cc(O)cc(C2CC(=O)c3c(O)c(C)c(O[C@@H]4O[C@H](COC(=O)CC(C)(O)CC(=O)O)[C@@H](O)[C@H](O)[C@H]4O)c(C)c3O2)c1. The third-order valence-electron chi connectivity index (χ3n) is 7.64. The van der Waals surface area contributed by atoms with Crippen molar-refractivity contribution >= 4 is 17.7 Å². The quantitative estimate of drug-likeness (QED) is 0.178. The highest BCUT2D eigenvalue weighted by atomic mass is 16.7. The first-order valence-electron chi connectivity index (χ1n) is 13.9. The number of aliphatic hydroxyl groups is 4. The second-order valence-electron chi connectivity index (χ2n) is 11.4. The number of carbonyl (C=O) groups is 3. The van der Waals surface area contributed by atoms with Crippen LogP contribution in [-0.4, -0.2) is 103 Å². The van der Waals surface area contributed by atoms with E-state index in [1.807, 2.05) is 0 Å². The van der Waals surface area contributed by atoms with Crippen molar-refractivity contribution in [3.8, 4) is 28.7 Å². The van der Waals surface area contributed by atoms with Crippen molar-refractivity contribution in [1.82, 2.24) is 0 Å². The minimum atomic E-state index is -1.91. The highest BCUT2D eigenvalue weighted by Gasteiger charge is 2.46. The van der Waals surface area contributed by atoms with E-state index >= 15 is 0 Å². The maximum absolute atomic E-state index is 13.2. The lowest BCUT2D eigenvalue weighted by Gasteiger charge is -2.40. The van der Waals surface area contributed by atoms with Crippen LogP contribution in [0.15, 0.2) is 18.2 Å². The average Bonchev–Trinajstić information content (AvgIpc) is 2.95. The second-order valence-corrected chi connectivity index (χ2v) is 11.4. The molecule has 15 nitrogen and oxygen atoms in total. The van der Waals surface area contributed by atoms with Gasteiger partial charge < -0.3 is 59.4 Å². The van der Waals surface area contributed by atoms with Crippen LogP contribution in [0.5, 0.6) is 28.7 Å². The normalized spacial score (nSPS) is 25.8. The molecule has 0 aliphatic carbocycles. The number of hydrogen-bond acceptors (Lipinski definition) is 14. The number of hydrogen-bond donors (Lipinski definition) is 7. The van der Waals surface area contributed by atoms with Gasteiger partial charge in [-0.05, 0) is 32.9 Å². The Morgan fingerprint density at radius 1 is 1.02 bits per heavy atom. The zero-order valence-electron chi connectivity index (χ0n) is 24.9. The molecule has 246 valence electrons. The third kappa shape index (κ3) is 7.23. The Bertz CT molecular complexity index is 1470. The first-order valence-corrected chi connectivity index (χ1v) is 13.9. The summed E-state index contributed by atoms with van der Waals surface area (Å²) in [6.07, 6.45) is -11.0. The molecule has 0 radical (unpaired) electrons. The lowest BCUT2D eigenvalue weighted by atomic mass is 9.91. The molecule has 4 rings (SSSR count). The van der Waals surface area contributed by atoms with Gasteiger partial charge in [0.1, 0.15) is 71.4 Å². The molecule has 15 heteroatoms. The molecule has 2 heterocycles. The molecule has 7 atom stereocenters. The van der Waals surface area contributed by atoms with Crippen LogP contribution in [0.4, 0.5) is 0 Å². The van der Waals surface area contributed by atoms with Gasteiger partial charge in [0.25, 0.3) is 0 Å². The predicted molar refractivity (Wildman–Crippen MR) is 150 cm³/mol. The molecule has 2 aromatic rings. The third-order valence-corrected chi connectivity index (χ3v) is 7.64. The first-order chi connectivity index (χ1) is 21.0. The summed E-state index contributed by atoms with van der Waals surface area (Å²) in [7, 11) is 1.41. The molecule has 0 saturated carbocycles. The van der Waals surface area contributed by atoms with E-state index in [9.17, 15) is 45.0 Å². The monoisotopic (exact) mass is 636 g/mol. The Morgan fingerprint density at radius 2 is 1.71 bits per heavy atom. The molecule has 2 aliphatic rings. The van der Waals surface area contributed by atoms with Gasteiger partial charge in [-0.1, -0.05) is 0 Å². The van der Waals surface area contributed by atoms with Gasteiger partial charge >= 0.3 is 11.9 Å². The van der Waals surface area contributed by atoms with Crippen LogP contribution in [0.25, 0.3) is 0 Å². The molecule has 0 bridgehead atoms. The van der Waals surface area contributed by atoms with Crippen LogP contribution >= 0.6 is 0 Å². The summed E-state index contributed by atoms with van der Waals surface area (Å²) in [6.45, 7) is 3.45. The van der Waals surface area contributed by atoms with Crippen LogP contribution in [0.2, 0.25) is 0 Å². The molecule has 1 fully saturated rings. The molecule has 2 aliphatic heterocycles. The molecule has 7 N–H and O–H groups in total. The summed E-state index contributed by atoms with van der Waals surface area (Å²) in [5, 5.41) is 71.7. The van der Waals surface area contributed by atoms with Gasteiger partial charge in [-0.3, -0.25) is 14.4 Å². The van der Waals surface area contributed by atoms with Crippen molar-refractivity contribution < 1.29 is 73.8 Å². The van der Waals surface area contributed by atoms with Crippen molar-refractivity contribution in [3.63, 3.8) is 0 Å². The van der Waals surface area contributed by atoms with Crippen LogP contribution in [0.1, 0.15) is 59.3 Å². The van der Waals surface area contributed by atoms with Gasteiger partial charge in [-0.25, -0.2) is 0 Å². The summed E-state index contributed by atoms with van der Waals surface area (Å²) in [6, 6.07) is 4.38. The molecular weight excluding hydrogens is 600 g/mol. The number of methoxy groups -OCH3 is 1. The van der Waals surface area contributed by atoms with Crippen LogP contribution in [-0.2, 0) is 19.1 Å². The van der Waals surface area contributed by atoms with Gasteiger partial charge in [-0.15, -0.1) is 0 Å². The highest BCUT2D eigenvalue weighted by molar-refractivity contribution is 6.04. The fraction of sp³-hybridized carbons (Fsp3) is 0.500. The van der Waals surface area contributed by atoms with Gasteiger partial charge in [-0.2, -0.15) is 0 Å².